The Morgan fingerprint density at radius 1 is 1.32 bits per heavy atom. The van der Waals surface area contributed by atoms with Crippen LogP contribution in [0.3, 0.4) is 0 Å². The second-order valence-corrected chi connectivity index (χ2v) is 8.44. The quantitative estimate of drug-likeness (QED) is 0.781. The number of nitrogens with one attached hydrogen (secondary N) is 1. The Morgan fingerprint density at radius 3 is 2.82 bits per heavy atom. The molecule has 3 heterocycles. The number of aryl methyl sites for hydroxylation is 1. The second kappa shape index (κ2) is 8.01. The Bertz CT molecular complexity index is 900. The topological polar surface area (TPSA) is 71.5 Å². The maximum Gasteiger partial charge on any atom is 0.338 e. The first-order valence-electron chi connectivity index (χ1n) is 9.76. The van der Waals surface area contributed by atoms with Crippen LogP contribution >= 0.6 is 11.5 Å². The molecule has 1 N–H and O–H groups in total. The van der Waals surface area contributed by atoms with Crippen LogP contribution in [0, 0.1) is 19.8 Å². The van der Waals surface area contributed by atoms with Gasteiger partial charge in [-0.2, -0.15) is 4.37 Å². The van der Waals surface area contributed by atoms with Crippen molar-refractivity contribution >= 4 is 28.4 Å². The number of ether oxygens (including phenoxy) is 1. The summed E-state index contributed by atoms with van der Waals surface area (Å²) in [6.45, 7) is 7.24. The normalized spacial score (nSPS) is 17.4. The van der Waals surface area contributed by atoms with Gasteiger partial charge in [0.1, 0.15) is 11.6 Å². The Kier molecular flexibility index (Phi) is 5.46. The van der Waals surface area contributed by atoms with E-state index < -0.39 is 0 Å². The highest BCUT2D eigenvalue weighted by atomic mass is 32.1. The van der Waals surface area contributed by atoms with Crippen molar-refractivity contribution in [1.29, 1.82) is 0 Å². The van der Waals surface area contributed by atoms with Crippen LogP contribution < -0.4 is 5.32 Å². The molecule has 7 heteroatoms. The number of fused-ring (bicyclic) bond motifs is 1. The molecular formula is C21H25N3O3S. The van der Waals surface area contributed by atoms with Gasteiger partial charge >= 0.3 is 5.97 Å². The van der Waals surface area contributed by atoms with Gasteiger partial charge in [-0.1, -0.05) is 6.07 Å². The molecule has 1 saturated heterocycles. The van der Waals surface area contributed by atoms with Crippen LogP contribution in [0.2, 0.25) is 0 Å². The van der Waals surface area contributed by atoms with Gasteiger partial charge in [0.05, 0.1) is 11.3 Å². The predicted octanol–water partition coefficient (Wildman–Crippen LogP) is 3.32. The van der Waals surface area contributed by atoms with E-state index in [1.165, 1.54) is 22.7 Å². The van der Waals surface area contributed by atoms with Gasteiger partial charge in [0.25, 0.3) is 0 Å². The SMILES string of the molecule is Cc1cc(NC(=O)C2CCN(CCc3ccc4c(c3C)COC4=O)CC2)sn1. The molecular weight excluding hydrogens is 374 g/mol. The lowest BCUT2D eigenvalue weighted by atomic mass is 9.94. The molecule has 0 unspecified atom stereocenters. The van der Waals surface area contributed by atoms with Gasteiger partial charge in [0.15, 0.2) is 0 Å². The van der Waals surface area contributed by atoms with Crippen LogP contribution in [0.25, 0.3) is 0 Å². The largest absolute Gasteiger partial charge is 0.457 e. The molecule has 0 spiro atoms. The van der Waals surface area contributed by atoms with E-state index in [2.05, 4.69) is 27.6 Å². The summed E-state index contributed by atoms with van der Waals surface area (Å²) in [4.78, 5) is 26.5. The summed E-state index contributed by atoms with van der Waals surface area (Å²) >= 11 is 1.34. The number of aromatic nitrogens is 1. The summed E-state index contributed by atoms with van der Waals surface area (Å²) in [6, 6.07) is 5.86. The molecule has 6 nitrogen and oxygen atoms in total. The minimum Gasteiger partial charge on any atom is -0.457 e. The van der Waals surface area contributed by atoms with Gasteiger partial charge in [-0.15, -0.1) is 0 Å². The van der Waals surface area contributed by atoms with Crippen molar-refractivity contribution in [2.75, 3.05) is 25.0 Å². The van der Waals surface area contributed by atoms with E-state index in [-0.39, 0.29) is 17.8 Å². The third-order valence-electron chi connectivity index (χ3n) is 5.81. The summed E-state index contributed by atoms with van der Waals surface area (Å²) in [5.41, 5.74) is 5.14. The molecule has 0 saturated carbocycles. The average molecular weight is 400 g/mol. The van der Waals surface area contributed by atoms with Gasteiger partial charge in [-0.05, 0) is 81.0 Å². The van der Waals surface area contributed by atoms with Gasteiger partial charge in [-0.3, -0.25) is 4.79 Å². The fourth-order valence-electron chi connectivity index (χ4n) is 4.01. The molecule has 0 radical (unpaired) electrons. The van der Waals surface area contributed by atoms with Crippen molar-refractivity contribution in [2.45, 2.75) is 39.7 Å². The van der Waals surface area contributed by atoms with Crippen molar-refractivity contribution in [3.05, 3.63) is 46.1 Å². The fraction of sp³-hybridized carbons (Fsp3) is 0.476. The Morgan fingerprint density at radius 2 is 2.11 bits per heavy atom. The maximum atomic E-state index is 12.5. The second-order valence-electron chi connectivity index (χ2n) is 7.64. The molecule has 0 atom stereocenters. The molecule has 1 fully saturated rings. The lowest BCUT2D eigenvalue weighted by Crippen LogP contribution is -2.39. The highest BCUT2D eigenvalue weighted by Gasteiger charge is 2.26. The van der Waals surface area contributed by atoms with Crippen molar-refractivity contribution in [1.82, 2.24) is 9.27 Å². The molecule has 1 amide bonds. The summed E-state index contributed by atoms with van der Waals surface area (Å²) in [5, 5.41) is 3.83. The number of esters is 1. The van der Waals surface area contributed by atoms with Gasteiger partial charge < -0.3 is 15.0 Å². The zero-order valence-corrected chi connectivity index (χ0v) is 17.1. The third-order valence-corrected chi connectivity index (χ3v) is 6.60. The number of hydrogen-bond acceptors (Lipinski definition) is 6. The Labute approximate surface area is 169 Å². The molecule has 28 heavy (non-hydrogen) atoms. The Balaban J connectivity index is 1.27. The molecule has 2 aliphatic heterocycles. The molecule has 0 bridgehead atoms. The monoisotopic (exact) mass is 399 g/mol. The minimum atomic E-state index is -0.210. The first-order chi connectivity index (χ1) is 13.5. The molecule has 4 rings (SSSR count). The van der Waals surface area contributed by atoms with Crippen LogP contribution in [0.5, 0.6) is 0 Å². The van der Waals surface area contributed by atoms with Crippen molar-refractivity contribution in [3.8, 4) is 0 Å². The first kappa shape index (κ1) is 19.1. The van der Waals surface area contributed by atoms with Crippen LogP contribution in [0.4, 0.5) is 5.00 Å². The summed E-state index contributed by atoms with van der Waals surface area (Å²) in [7, 11) is 0. The van der Waals surface area contributed by atoms with Gasteiger partial charge in [0.2, 0.25) is 5.91 Å². The summed E-state index contributed by atoms with van der Waals surface area (Å²) in [5.74, 6) is -0.0236. The van der Waals surface area contributed by atoms with Crippen molar-refractivity contribution in [3.63, 3.8) is 0 Å². The standard InChI is InChI=1S/C21H25N3O3S/c1-13-11-19(28-23-13)22-20(25)16-6-9-24(10-7-16)8-5-15-3-4-17-18(14(15)2)12-27-21(17)26/h3-4,11,16H,5-10,12H2,1-2H3,(H,22,25). The van der Waals surface area contributed by atoms with E-state index in [0.29, 0.717) is 12.2 Å². The van der Waals surface area contributed by atoms with Gasteiger partial charge in [0, 0.05) is 18.0 Å². The predicted molar refractivity (Wildman–Crippen MR) is 109 cm³/mol. The highest BCUT2D eigenvalue weighted by Crippen LogP contribution is 2.27. The van der Waals surface area contributed by atoms with E-state index in [9.17, 15) is 9.59 Å². The number of benzene rings is 1. The smallest absolute Gasteiger partial charge is 0.338 e. The van der Waals surface area contributed by atoms with E-state index in [1.54, 1.807) is 0 Å². The van der Waals surface area contributed by atoms with E-state index in [0.717, 1.165) is 55.2 Å². The summed E-state index contributed by atoms with van der Waals surface area (Å²) < 4.78 is 9.35. The highest BCUT2D eigenvalue weighted by molar-refractivity contribution is 7.10. The van der Waals surface area contributed by atoms with E-state index in [4.69, 9.17) is 4.74 Å². The van der Waals surface area contributed by atoms with Crippen LogP contribution in [-0.2, 0) is 22.6 Å². The van der Waals surface area contributed by atoms with Crippen molar-refractivity contribution < 1.29 is 14.3 Å². The molecule has 2 aromatic rings. The fourth-order valence-corrected chi connectivity index (χ4v) is 4.68. The van der Waals surface area contributed by atoms with Gasteiger partial charge in [-0.25, -0.2) is 4.79 Å². The van der Waals surface area contributed by atoms with Crippen LogP contribution in [-0.4, -0.2) is 40.8 Å². The molecule has 148 valence electrons. The average Bonchev–Trinajstić information content (AvgIpc) is 3.27. The van der Waals surface area contributed by atoms with E-state index in [1.807, 2.05) is 19.1 Å². The lowest BCUT2D eigenvalue weighted by molar-refractivity contribution is -0.121. The number of anilines is 1. The Hall–Kier alpha value is -2.25. The number of piperidine rings is 1. The number of nitrogens with zero attached hydrogens (tertiary/aromatic N) is 2. The molecule has 1 aromatic heterocycles. The lowest BCUT2D eigenvalue weighted by Gasteiger charge is -2.31. The molecule has 1 aromatic carbocycles. The number of likely N-dealkylation sites (tertiary alicyclic amines) is 1. The number of amides is 1. The molecule has 0 aliphatic carbocycles. The number of carbonyl (C=O) groups is 2. The zero-order valence-electron chi connectivity index (χ0n) is 16.3. The maximum absolute atomic E-state index is 12.5. The first-order valence-corrected chi connectivity index (χ1v) is 10.5. The zero-order chi connectivity index (χ0) is 19.7. The number of hydrogen-bond donors (Lipinski definition) is 1. The summed E-state index contributed by atoms with van der Waals surface area (Å²) in [6.07, 6.45) is 2.72. The number of cyclic esters (lactones) is 1. The molecule has 2 aliphatic rings. The van der Waals surface area contributed by atoms with Crippen LogP contribution in [0.15, 0.2) is 18.2 Å². The van der Waals surface area contributed by atoms with Crippen molar-refractivity contribution in [2.24, 2.45) is 5.92 Å². The van der Waals surface area contributed by atoms with E-state index >= 15 is 0 Å². The van der Waals surface area contributed by atoms with Crippen LogP contribution in [0.1, 0.15) is 45.6 Å². The number of rotatable bonds is 5. The number of carbonyl (C=O) groups excluding carboxylic acids is 2. The third kappa shape index (κ3) is 3.95. The minimum absolute atomic E-state index is 0.0727.